The van der Waals surface area contributed by atoms with Gasteiger partial charge in [0, 0.05) is 0 Å². The molecule has 2 aromatic heterocycles. The molecule has 2 aliphatic heterocycles. The van der Waals surface area contributed by atoms with E-state index in [0.717, 1.165) is 40.6 Å². The molecule has 178 valence electrons. The van der Waals surface area contributed by atoms with E-state index in [-0.39, 0.29) is 18.6 Å². The molecule has 0 unspecified atom stereocenters. The Balaban J connectivity index is 1.85. The molecule has 1 atom stereocenters. The minimum absolute atomic E-state index is 0.105. The topological polar surface area (TPSA) is 81.4 Å². The van der Waals surface area contributed by atoms with Gasteiger partial charge >= 0.3 is 5.97 Å². The van der Waals surface area contributed by atoms with Gasteiger partial charge in [0.05, 0.1) is 43.5 Å². The molecule has 6 nitrogen and oxygen atoms in total. The van der Waals surface area contributed by atoms with E-state index in [2.05, 4.69) is 39.0 Å². The number of fused-ring (bicyclic) bond motifs is 5. The van der Waals surface area contributed by atoms with Crippen LogP contribution in [0.25, 0.3) is 22.3 Å². The Bertz CT molecular complexity index is 1370. The Labute approximate surface area is 200 Å². The van der Waals surface area contributed by atoms with Crippen molar-refractivity contribution in [2.24, 2.45) is 0 Å². The summed E-state index contributed by atoms with van der Waals surface area (Å²) in [6, 6.07) is 13.6. The van der Waals surface area contributed by atoms with Gasteiger partial charge in [-0.2, -0.15) is 0 Å². The van der Waals surface area contributed by atoms with Gasteiger partial charge in [-0.25, -0.2) is 4.98 Å². The molecule has 0 fully saturated rings. The van der Waals surface area contributed by atoms with Crippen molar-refractivity contribution in [3.8, 4) is 11.4 Å². The molecule has 0 spiro atoms. The Kier molecular flexibility index (Phi) is 5.52. The van der Waals surface area contributed by atoms with Crippen LogP contribution in [0.3, 0.4) is 0 Å². The molecular weight excluding hydrogens is 444 g/mol. The molecule has 5 rings (SSSR count). The molecule has 1 aromatic carbocycles. The first-order chi connectivity index (χ1) is 16.3. The third-order valence-electron chi connectivity index (χ3n) is 8.41. The normalized spacial score (nSPS) is 19.4. The van der Waals surface area contributed by atoms with Crippen LogP contribution in [0.5, 0.6) is 0 Å². The number of ether oxygens (including phenoxy) is 1. The van der Waals surface area contributed by atoms with E-state index >= 15 is 0 Å². The molecule has 3 aromatic rings. The zero-order valence-corrected chi connectivity index (χ0v) is 21.4. The van der Waals surface area contributed by atoms with Gasteiger partial charge in [-0.15, -0.1) is 0 Å². The molecule has 4 heterocycles. The highest BCUT2D eigenvalue weighted by molar-refractivity contribution is 6.93. The van der Waals surface area contributed by atoms with E-state index in [1.807, 2.05) is 19.1 Å². The number of aromatic nitrogens is 2. The van der Waals surface area contributed by atoms with Crippen LogP contribution < -0.4 is 10.7 Å². The second-order valence-corrected chi connectivity index (χ2v) is 14.9. The second-order valence-electron chi connectivity index (χ2n) is 9.71. The predicted molar refractivity (Wildman–Crippen MR) is 136 cm³/mol. The van der Waals surface area contributed by atoms with Gasteiger partial charge in [-0.05, 0) is 40.3 Å². The Hall–Kier alpha value is -2.77. The molecule has 1 N–H and O–H groups in total. The number of hydrogen-bond donors (Lipinski definition) is 1. The summed E-state index contributed by atoms with van der Waals surface area (Å²) in [6.07, 6.45) is 0.166. The third kappa shape index (κ3) is 3.13. The van der Waals surface area contributed by atoms with Crippen molar-refractivity contribution >= 4 is 30.1 Å². The lowest BCUT2D eigenvalue weighted by molar-refractivity contribution is -0.149. The van der Waals surface area contributed by atoms with E-state index in [1.54, 1.807) is 4.57 Å². The van der Waals surface area contributed by atoms with Crippen LogP contribution in [0, 0.1) is 0 Å². The number of carbonyl (C=O) groups excluding carboxylic acids is 1. The smallest absolute Gasteiger partial charge is 0.309 e. The number of aliphatic hydroxyl groups is 1. The summed E-state index contributed by atoms with van der Waals surface area (Å²) in [4.78, 5) is 31.0. The monoisotopic (exact) mass is 476 g/mol. The van der Waals surface area contributed by atoms with Crippen molar-refractivity contribution in [1.82, 2.24) is 9.55 Å². The van der Waals surface area contributed by atoms with Gasteiger partial charge in [0.1, 0.15) is 12.2 Å². The van der Waals surface area contributed by atoms with Crippen LogP contribution in [0.2, 0.25) is 18.1 Å². The van der Waals surface area contributed by atoms with Crippen molar-refractivity contribution in [3.05, 3.63) is 57.4 Å². The number of benzene rings is 1. The molecule has 0 aliphatic carbocycles. The van der Waals surface area contributed by atoms with Crippen LogP contribution in [0.15, 0.2) is 35.1 Å². The van der Waals surface area contributed by atoms with Gasteiger partial charge in [0.25, 0.3) is 5.56 Å². The maximum atomic E-state index is 13.7. The summed E-state index contributed by atoms with van der Waals surface area (Å²) in [7, 11) is -1.83. The zero-order valence-electron chi connectivity index (χ0n) is 20.4. The van der Waals surface area contributed by atoms with E-state index in [0.29, 0.717) is 24.1 Å². The average molecular weight is 477 g/mol. The average Bonchev–Trinajstić information content (AvgIpc) is 3.15. The SMILES string of the molecule is CC[C@@]1(O)CC(=O)OCc2c1cc1n(c2=O)Cc2c-1nc1ccccc1c2[Si](CC)(CC)CC. The second kappa shape index (κ2) is 8.17. The van der Waals surface area contributed by atoms with E-state index in [1.165, 1.54) is 10.6 Å². The molecule has 0 amide bonds. The maximum absolute atomic E-state index is 13.7. The molecule has 0 bridgehead atoms. The molecule has 0 saturated heterocycles. The fourth-order valence-corrected chi connectivity index (χ4v) is 10.3. The van der Waals surface area contributed by atoms with E-state index in [9.17, 15) is 14.7 Å². The molecule has 0 radical (unpaired) electrons. The van der Waals surface area contributed by atoms with Crippen molar-refractivity contribution < 1.29 is 14.6 Å². The summed E-state index contributed by atoms with van der Waals surface area (Å²) >= 11 is 0. The number of pyridine rings is 2. The van der Waals surface area contributed by atoms with Crippen LogP contribution >= 0.6 is 0 Å². The largest absolute Gasteiger partial charge is 0.460 e. The van der Waals surface area contributed by atoms with Crippen LogP contribution in [-0.4, -0.2) is 28.7 Å². The molecule has 7 heteroatoms. The van der Waals surface area contributed by atoms with Gasteiger partial charge in [0.15, 0.2) is 0 Å². The third-order valence-corrected chi connectivity index (χ3v) is 14.1. The lowest BCUT2D eigenvalue weighted by Gasteiger charge is -2.32. The molecule has 0 saturated carbocycles. The minimum atomic E-state index is -1.83. The summed E-state index contributed by atoms with van der Waals surface area (Å²) in [5, 5.41) is 14.0. The first-order valence-corrected chi connectivity index (χ1v) is 15.0. The highest BCUT2D eigenvalue weighted by Gasteiger charge is 2.41. The Morgan fingerprint density at radius 2 is 1.79 bits per heavy atom. The fourth-order valence-electron chi connectivity index (χ4n) is 6.11. The summed E-state index contributed by atoms with van der Waals surface area (Å²) in [5.74, 6) is -0.485. The van der Waals surface area contributed by atoms with Gasteiger partial charge < -0.3 is 14.4 Å². The fraction of sp³-hybridized carbons (Fsp3) is 0.444. The van der Waals surface area contributed by atoms with Gasteiger partial charge in [-0.3, -0.25) is 9.59 Å². The maximum Gasteiger partial charge on any atom is 0.309 e. The number of hydrogen-bond acceptors (Lipinski definition) is 5. The van der Waals surface area contributed by atoms with Crippen LogP contribution in [-0.2, 0) is 28.3 Å². The molecule has 2 aliphatic rings. The zero-order chi connectivity index (χ0) is 24.3. The van der Waals surface area contributed by atoms with Crippen molar-refractivity contribution in [1.29, 1.82) is 0 Å². The highest BCUT2D eigenvalue weighted by Crippen LogP contribution is 2.39. The first kappa shape index (κ1) is 23.0. The first-order valence-electron chi connectivity index (χ1n) is 12.4. The van der Waals surface area contributed by atoms with Crippen molar-refractivity contribution in [2.75, 3.05) is 0 Å². The Morgan fingerprint density at radius 3 is 2.47 bits per heavy atom. The Morgan fingerprint density at radius 1 is 1.09 bits per heavy atom. The lowest BCUT2D eigenvalue weighted by atomic mass is 9.85. The summed E-state index contributed by atoms with van der Waals surface area (Å²) in [5.41, 5.74) is 2.95. The van der Waals surface area contributed by atoms with E-state index < -0.39 is 19.6 Å². The van der Waals surface area contributed by atoms with Crippen molar-refractivity contribution in [3.63, 3.8) is 0 Å². The molecular formula is C27H32N2O4Si. The van der Waals surface area contributed by atoms with Crippen LogP contribution in [0.4, 0.5) is 0 Å². The summed E-state index contributed by atoms with van der Waals surface area (Å²) < 4.78 is 7.09. The van der Waals surface area contributed by atoms with E-state index in [4.69, 9.17) is 9.72 Å². The number of cyclic esters (lactones) is 1. The van der Waals surface area contributed by atoms with Gasteiger partial charge in [0.2, 0.25) is 0 Å². The predicted octanol–water partition coefficient (Wildman–Crippen LogP) is 4.19. The number of nitrogens with zero attached hydrogens (tertiary/aromatic N) is 2. The standard InChI is InChI=1S/C27H32N2O4Si/c1-5-27(32)14-23(30)33-16-19-20(27)13-22-24-18(15-29(22)26(19)31)25(34(6-2,7-3)8-4)17-11-9-10-12-21(17)28-24/h9-13,32H,5-8,14-16H2,1-4H3/t27-/m1/s1. The lowest BCUT2D eigenvalue weighted by Crippen LogP contribution is -2.48. The van der Waals surface area contributed by atoms with Crippen LogP contribution in [0.1, 0.15) is 57.2 Å². The van der Waals surface area contributed by atoms with Crippen molar-refractivity contribution in [2.45, 2.75) is 77.4 Å². The number of para-hydroxylation sites is 1. The van der Waals surface area contributed by atoms with Gasteiger partial charge in [-0.1, -0.05) is 64.0 Å². The quantitative estimate of drug-likeness (QED) is 0.345. The summed E-state index contributed by atoms with van der Waals surface area (Å²) in [6.45, 7) is 9.09. The minimum Gasteiger partial charge on any atom is -0.460 e. The number of esters is 1. The molecule has 34 heavy (non-hydrogen) atoms. The highest BCUT2D eigenvalue weighted by atomic mass is 28.3. The number of rotatable bonds is 5. The number of carbonyl (C=O) groups is 1.